The van der Waals surface area contributed by atoms with Crippen molar-refractivity contribution < 1.29 is 18.8 Å². The highest BCUT2D eigenvalue weighted by atomic mass is 35.5. The number of furan rings is 1. The first kappa shape index (κ1) is 29.0. The van der Waals surface area contributed by atoms with E-state index in [-0.39, 0.29) is 23.5 Å². The van der Waals surface area contributed by atoms with Gasteiger partial charge in [-0.25, -0.2) is 0 Å². The van der Waals surface area contributed by atoms with Crippen molar-refractivity contribution in [2.45, 2.75) is 13.8 Å². The molecule has 0 spiro atoms. The van der Waals surface area contributed by atoms with Crippen LogP contribution in [-0.4, -0.2) is 110 Å². The Hall–Kier alpha value is -3.56. The molecule has 218 valence electrons. The predicted octanol–water partition coefficient (Wildman–Crippen LogP) is 3.54. The molecule has 2 amide bonds. The summed E-state index contributed by atoms with van der Waals surface area (Å²) in [7, 11) is 0. The third kappa shape index (κ3) is 6.52. The molecule has 0 saturated carbocycles. The van der Waals surface area contributed by atoms with Crippen LogP contribution in [0.1, 0.15) is 30.0 Å². The molecule has 0 bridgehead atoms. The number of fused-ring (bicyclic) bond motifs is 1. The zero-order chi connectivity index (χ0) is 28.9. The van der Waals surface area contributed by atoms with Crippen LogP contribution in [0.5, 0.6) is 0 Å². The minimum atomic E-state index is -0.139. The second kappa shape index (κ2) is 13.0. The number of carbonyl (C=O) groups excluding carboxylic acids is 3. The molecule has 2 saturated heterocycles. The Balaban J connectivity index is 1.13. The molecule has 3 heterocycles. The van der Waals surface area contributed by atoms with Gasteiger partial charge in [0, 0.05) is 93.8 Å². The molecule has 0 aliphatic carbocycles. The second-order valence-corrected chi connectivity index (χ2v) is 10.8. The molecule has 2 fully saturated rings. The van der Waals surface area contributed by atoms with Crippen molar-refractivity contribution in [3.8, 4) is 0 Å². The number of nitrogens with zero attached hydrogens (tertiary/aromatic N) is 5. The van der Waals surface area contributed by atoms with Crippen molar-refractivity contribution in [1.82, 2.24) is 14.7 Å². The van der Waals surface area contributed by atoms with E-state index in [2.05, 4.69) is 34.6 Å². The van der Waals surface area contributed by atoms with Crippen molar-refractivity contribution in [3.63, 3.8) is 0 Å². The average molecular weight is 580 g/mol. The lowest BCUT2D eigenvalue weighted by atomic mass is 10.1. The molecule has 0 atom stereocenters. The van der Waals surface area contributed by atoms with Crippen molar-refractivity contribution in [3.05, 3.63) is 59.9 Å². The smallest absolute Gasteiger partial charge is 0.237 e. The first-order valence-corrected chi connectivity index (χ1v) is 15.0. The molecule has 0 unspecified atom stereocenters. The highest BCUT2D eigenvalue weighted by molar-refractivity contribution is 6.27. The fraction of sp³-hybridized carbons (Fsp3) is 0.452. The van der Waals surface area contributed by atoms with Crippen LogP contribution in [0.3, 0.4) is 0 Å². The van der Waals surface area contributed by atoms with E-state index in [1.807, 2.05) is 47.4 Å². The number of hydrogen-bond donors (Lipinski definition) is 0. The SMILES string of the molecule is CCN(CC)c1ccc2cc(C(=O)c3ccc(N4CCN(C(=O)CN5CCN(C(=O)CCl)CC5)CC4)cc3)oc2c1. The van der Waals surface area contributed by atoms with E-state index in [0.29, 0.717) is 62.7 Å². The van der Waals surface area contributed by atoms with Crippen LogP contribution in [0.2, 0.25) is 0 Å². The normalized spacial score (nSPS) is 16.3. The van der Waals surface area contributed by atoms with E-state index in [4.69, 9.17) is 16.0 Å². The van der Waals surface area contributed by atoms with E-state index in [0.717, 1.165) is 42.9 Å². The lowest BCUT2D eigenvalue weighted by Gasteiger charge is -2.38. The summed E-state index contributed by atoms with van der Waals surface area (Å²) in [6.07, 6.45) is 0. The van der Waals surface area contributed by atoms with Crippen LogP contribution in [0, 0.1) is 0 Å². The maximum atomic E-state index is 13.2. The Morgan fingerprint density at radius 1 is 0.805 bits per heavy atom. The second-order valence-electron chi connectivity index (χ2n) is 10.5. The Morgan fingerprint density at radius 3 is 2.07 bits per heavy atom. The first-order chi connectivity index (χ1) is 19.9. The van der Waals surface area contributed by atoms with E-state index in [1.165, 1.54) is 0 Å². The Morgan fingerprint density at radius 2 is 1.44 bits per heavy atom. The van der Waals surface area contributed by atoms with Crippen LogP contribution in [0.15, 0.2) is 52.9 Å². The number of alkyl halides is 1. The largest absolute Gasteiger partial charge is 0.452 e. The Labute approximate surface area is 246 Å². The van der Waals surface area contributed by atoms with Gasteiger partial charge >= 0.3 is 0 Å². The molecule has 3 aromatic rings. The number of benzene rings is 2. The van der Waals surface area contributed by atoms with Crippen molar-refractivity contribution in [2.75, 3.05) is 87.7 Å². The zero-order valence-electron chi connectivity index (χ0n) is 23.9. The number of amides is 2. The van der Waals surface area contributed by atoms with Crippen LogP contribution in [0.4, 0.5) is 11.4 Å². The molecule has 0 N–H and O–H groups in total. The van der Waals surface area contributed by atoms with Gasteiger partial charge in [-0.3, -0.25) is 19.3 Å². The number of rotatable bonds is 9. The van der Waals surface area contributed by atoms with Gasteiger partial charge in [0.25, 0.3) is 0 Å². The first-order valence-electron chi connectivity index (χ1n) is 14.4. The third-order valence-corrected chi connectivity index (χ3v) is 8.41. The van der Waals surface area contributed by atoms with Gasteiger partial charge in [0.1, 0.15) is 11.5 Å². The Kier molecular flexibility index (Phi) is 9.15. The maximum Gasteiger partial charge on any atom is 0.237 e. The van der Waals surface area contributed by atoms with Crippen molar-refractivity contribution in [2.24, 2.45) is 0 Å². The zero-order valence-corrected chi connectivity index (χ0v) is 24.6. The highest BCUT2D eigenvalue weighted by Gasteiger charge is 2.26. The molecular weight excluding hydrogens is 542 g/mol. The van der Waals surface area contributed by atoms with Gasteiger partial charge in [-0.15, -0.1) is 11.6 Å². The summed E-state index contributed by atoms with van der Waals surface area (Å²) >= 11 is 5.66. The number of ketones is 1. The fourth-order valence-electron chi connectivity index (χ4n) is 5.63. The lowest BCUT2D eigenvalue weighted by molar-refractivity contribution is -0.134. The van der Waals surface area contributed by atoms with Gasteiger partial charge in [0.2, 0.25) is 17.6 Å². The van der Waals surface area contributed by atoms with Gasteiger partial charge in [-0.2, -0.15) is 0 Å². The average Bonchev–Trinajstić information content (AvgIpc) is 3.45. The van der Waals surface area contributed by atoms with Crippen LogP contribution in [0.25, 0.3) is 11.0 Å². The van der Waals surface area contributed by atoms with Gasteiger partial charge in [0.15, 0.2) is 5.76 Å². The number of piperazine rings is 2. The summed E-state index contributed by atoms with van der Waals surface area (Å²) in [4.78, 5) is 48.1. The number of anilines is 2. The number of hydrogen-bond acceptors (Lipinski definition) is 7. The lowest BCUT2D eigenvalue weighted by Crippen LogP contribution is -2.54. The molecule has 2 aliphatic rings. The summed E-state index contributed by atoms with van der Waals surface area (Å²) in [6.45, 7) is 11.8. The topological polar surface area (TPSA) is 80.6 Å². The van der Waals surface area contributed by atoms with Gasteiger partial charge < -0.3 is 24.0 Å². The van der Waals surface area contributed by atoms with Gasteiger partial charge in [0.05, 0.1) is 6.54 Å². The summed E-state index contributed by atoms with van der Waals surface area (Å²) in [5.74, 6) is 0.272. The predicted molar refractivity (Wildman–Crippen MR) is 162 cm³/mol. The van der Waals surface area contributed by atoms with Crippen LogP contribution in [-0.2, 0) is 9.59 Å². The molecule has 5 rings (SSSR count). The van der Waals surface area contributed by atoms with Gasteiger partial charge in [-0.1, -0.05) is 0 Å². The standard InChI is InChI=1S/C31H38ClN5O4/c1-3-34(4-2)26-10-7-24-19-28(41-27(24)20-26)31(40)23-5-8-25(9-6-23)35-15-17-37(18-16-35)30(39)22-33-11-13-36(14-12-33)29(38)21-32/h5-10,19-20H,3-4,11-18,21-22H2,1-2H3. The number of carbonyl (C=O) groups is 3. The summed E-state index contributed by atoms with van der Waals surface area (Å²) in [6, 6.07) is 15.5. The van der Waals surface area contributed by atoms with Gasteiger partial charge in [-0.05, 0) is 56.3 Å². The van der Waals surface area contributed by atoms with E-state index in [9.17, 15) is 14.4 Å². The molecule has 9 nitrogen and oxygen atoms in total. The molecule has 10 heteroatoms. The number of halogens is 1. The summed E-state index contributed by atoms with van der Waals surface area (Å²) < 4.78 is 5.97. The fourth-order valence-corrected chi connectivity index (χ4v) is 5.80. The van der Waals surface area contributed by atoms with E-state index < -0.39 is 0 Å². The molecular formula is C31H38ClN5O4. The van der Waals surface area contributed by atoms with Crippen LogP contribution >= 0.6 is 11.6 Å². The van der Waals surface area contributed by atoms with E-state index in [1.54, 1.807) is 4.90 Å². The summed E-state index contributed by atoms with van der Waals surface area (Å²) in [5.41, 5.74) is 3.41. The minimum absolute atomic E-state index is 0.00165. The third-order valence-electron chi connectivity index (χ3n) is 8.18. The molecule has 41 heavy (non-hydrogen) atoms. The highest BCUT2D eigenvalue weighted by Crippen LogP contribution is 2.27. The molecule has 2 aliphatic heterocycles. The van der Waals surface area contributed by atoms with Crippen molar-refractivity contribution in [1.29, 1.82) is 0 Å². The van der Waals surface area contributed by atoms with Crippen molar-refractivity contribution >= 4 is 51.5 Å². The molecule has 0 radical (unpaired) electrons. The summed E-state index contributed by atoms with van der Waals surface area (Å²) in [5, 5.41) is 0.914. The molecule has 2 aromatic carbocycles. The van der Waals surface area contributed by atoms with E-state index >= 15 is 0 Å². The molecule has 1 aromatic heterocycles. The minimum Gasteiger partial charge on any atom is -0.452 e. The monoisotopic (exact) mass is 579 g/mol. The van der Waals surface area contributed by atoms with Crippen LogP contribution < -0.4 is 9.80 Å². The quantitative estimate of drug-likeness (QED) is 0.283. The Bertz CT molecular complexity index is 1370. The maximum absolute atomic E-state index is 13.2.